The Bertz CT molecular complexity index is 400. The van der Waals surface area contributed by atoms with E-state index in [9.17, 15) is 5.11 Å². The molecule has 0 saturated heterocycles. The van der Waals surface area contributed by atoms with Crippen LogP contribution in [0, 0.1) is 0 Å². The zero-order valence-electron chi connectivity index (χ0n) is 14.1. The SMILES string of the molecule is CO[Si](CCCOCC(O)CSCc1ccccn1)(OC)OC. The van der Waals surface area contributed by atoms with Crippen LogP contribution in [0.4, 0.5) is 0 Å². The molecule has 1 heterocycles. The smallest absolute Gasteiger partial charge is 0.390 e. The number of aromatic nitrogens is 1. The van der Waals surface area contributed by atoms with Gasteiger partial charge in [0.15, 0.2) is 0 Å². The Morgan fingerprint density at radius 2 is 1.96 bits per heavy atom. The van der Waals surface area contributed by atoms with Gasteiger partial charge in [-0.25, -0.2) is 0 Å². The molecule has 0 aliphatic carbocycles. The summed E-state index contributed by atoms with van der Waals surface area (Å²) in [5.74, 6) is 1.42. The third-order valence-electron chi connectivity index (χ3n) is 3.30. The Balaban J connectivity index is 2.06. The molecule has 23 heavy (non-hydrogen) atoms. The highest BCUT2D eigenvalue weighted by atomic mass is 32.2. The maximum absolute atomic E-state index is 9.89. The summed E-state index contributed by atoms with van der Waals surface area (Å²) in [4.78, 5) is 4.24. The average molecular weight is 362 g/mol. The van der Waals surface area contributed by atoms with Crippen molar-refractivity contribution in [2.45, 2.75) is 24.3 Å². The molecule has 1 N–H and O–H groups in total. The molecule has 0 fully saturated rings. The highest BCUT2D eigenvalue weighted by Crippen LogP contribution is 2.15. The summed E-state index contributed by atoms with van der Waals surface area (Å²) < 4.78 is 21.5. The molecule has 132 valence electrons. The standard InChI is InChI=1S/C15H27NO5SSi/c1-18-23(19-2,20-3)10-6-9-21-11-15(17)13-22-12-14-7-4-5-8-16-14/h4-5,7-8,15,17H,6,9-13H2,1-3H3. The van der Waals surface area contributed by atoms with Gasteiger partial charge in [0.1, 0.15) is 0 Å². The maximum Gasteiger partial charge on any atom is 0.500 e. The number of rotatable bonds is 13. The van der Waals surface area contributed by atoms with Crippen LogP contribution < -0.4 is 0 Å². The molecule has 1 aromatic heterocycles. The van der Waals surface area contributed by atoms with Crippen molar-refractivity contribution in [1.82, 2.24) is 4.98 Å². The van der Waals surface area contributed by atoms with E-state index >= 15 is 0 Å². The highest BCUT2D eigenvalue weighted by molar-refractivity contribution is 7.98. The van der Waals surface area contributed by atoms with E-state index in [-0.39, 0.29) is 0 Å². The topological polar surface area (TPSA) is 70.0 Å². The molecule has 1 unspecified atom stereocenters. The van der Waals surface area contributed by atoms with Crippen LogP contribution in [0.1, 0.15) is 12.1 Å². The number of hydrogen-bond acceptors (Lipinski definition) is 7. The van der Waals surface area contributed by atoms with Crippen LogP contribution in [0.5, 0.6) is 0 Å². The summed E-state index contributed by atoms with van der Waals surface area (Å²) in [5, 5.41) is 9.89. The first-order valence-corrected chi connectivity index (χ1v) is 10.6. The van der Waals surface area contributed by atoms with E-state index in [1.54, 1.807) is 39.3 Å². The predicted octanol–water partition coefficient (Wildman–Crippen LogP) is 1.96. The van der Waals surface area contributed by atoms with E-state index in [4.69, 9.17) is 18.0 Å². The first-order valence-electron chi connectivity index (χ1n) is 7.54. The van der Waals surface area contributed by atoms with Crippen molar-refractivity contribution in [2.24, 2.45) is 0 Å². The van der Waals surface area contributed by atoms with E-state index in [1.165, 1.54) is 0 Å². The fourth-order valence-corrected chi connectivity index (χ4v) is 4.55. The van der Waals surface area contributed by atoms with Gasteiger partial charge in [0.2, 0.25) is 0 Å². The van der Waals surface area contributed by atoms with Crippen LogP contribution in [-0.4, -0.2) is 65.3 Å². The average Bonchev–Trinajstić information content (AvgIpc) is 2.59. The molecular weight excluding hydrogens is 334 g/mol. The Kier molecular flexibility index (Phi) is 10.7. The molecule has 0 saturated carbocycles. The molecule has 1 rings (SSSR count). The van der Waals surface area contributed by atoms with Gasteiger partial charge in [0, 0.05) is 51.7 Å². The summed E-state index contributed by atoms with van der Waals surface area (Å²) in [6.07, 6.45) is 2.08. The fourth-order valence-electron chi connectivity index (χ4n) is 2.00. The molecule has 0 amide bonds. The van der Waals surface area contributed by atoms with Crippen LogP contribution in [0.25, 0.3) is 0 Å². The van der Waals surface area contributed by atoms with E-state index in [0.29, 0.717) is 25.0 Å². The molecule has 0 aliphatic heterocycles. The Morgan fingerprint density at radius 3 is 2.57 bits per heavy atom. The van der Waals surface area contributed by atoms with Crippen molar-refractivity contribution in [3.63, 3.8) is 0 Å². The maximum atomic E-state index is 9.89. The van der Waals surface area contributed by atoms with Crippen LogP contribution in [0.15, 0.2) is 24.4 Å². The lowest BCUT2D eigenvalue weighted by molar-refractivity contribution is 0.0462. The quantitative estimate of drug-likeness (QED) is 0.425. The van der Waals surface area contributed by atoms with Crippen LogP contribution in [0.3, 0.4) is 0 Å². The highest BCUT2D eigenvalue weighted by Gasteiger charge is 2.36. The number of pyridine rings is 1. The third-order valence-corrected chi connectivity index (χ3v) is 7.25. The van der Waals surface area contributed by atoms with Crippen molar-refractivity contribution in [2.75, 3.05) is 40.3 Å². The van der Waals surface area contributed by atoms with Gasteiger partial charge in [-0.1, -0.05) is 6.07 Å². The molecule has 1 atom stereocenters. The summed E-state index contributed by atoms with van der Waals surface area (Å²) in [7, 11) is 2.29. The number of thioether (sulfide) groups is 1. The van der Waals surface area contributed by atoms with Gasteiger partial charge in [0.05, 0.1) is 18.4 Å². The van der Waals surface area contributed by atoms with Crippen molar-refractivity contribution >= 4 is 20.6 Å². The van der Waals surface area contributed by atoms with Gasteiger partial charge in [-0.3, -0.25) is 4.98 Å². The normalized spacial score (nSPS) is 13.2. The summed E-state index contributed by atoms with van der Waals surface area (Å²) in [6, 6.07) is 6.53. The second-order valence-electron chi connectivity index (χ2n) is 4.96. The summed E-state index contributed by atoms with van der Waals surface area (Å²) in [6.45, 7) is 0.878. The number of ether oxygens (including phenoxy) is 1. The number of aliphatic hydroxyl groups excluding tert-OH is 1. The first-order chi connectivity index (χ1) is 11.2. The summed E-state index contributed by atoms with van der Waals surface area (Å²) in [5.41, 5.74) is 1.02. The van der Waals surface area contributed by atoms with Gasteiger partial charge in [0.25, 0.3) is 0 Å². The zero-order valence-corrected chi connectivity index (χ0v) is 15.9. The monoisotopic (exact) mass is 361 g/mol. The number of hydrogen-bond donors (Lipinski definition) is 1. The van der Waals surface area contributed by atoms with Crippen molar-refractivity contribution in [1.29, 1.82) is 0 Å². The van der Waals surface area contributed by atoms with Gasteiger partial charge in [-0.2, -0.15) is 11.8 Å². The van der Waals surface area contributed by atoms with E-state index in [1.807, 2.05) is 18.2 Å². The second-order valence-corrected chi connectivity index (χ2v) is 9.08. The van der Waals surface area contributed by atoms with Crippen molar-refractivity contribution in [3.05, 3.63) is 30.1 Å². The Hall–Kier alpha value is -0.483. The predicted molar refractivity (Wildman–Crippen MR) is 93.4 cm³/mol. The van der Waals surface area contributed by atoms with Crippen molar-refractivity contribution < 1.29 is 23.1 Å². The van der Waals surface area contributed by atoms with Crippen LogP contribution >= 0.6 is 11.8 Å². The lowest BCUT2D eigenvalue weighted by Gasteiger charge is -2.24. The second kappa shape index (κ2) is 12.0. The lowest BCUT2D eigenvalue weighted by Crippen LogP contribution is -2.42. The van der Waals surface area contributed by atoms with Gasteiger partial charge < -0.3 is 23.1 Å². The molecule has 0 aliphatic rings. The first kappa shape index (κ1) is 20.6. The summed E-state index contributed by atoms with van der Waals surface area (Å²) >= 11 is 1.65. The number of nitrogens with zero attached hydrogens (tertiary/aromatic N) is 1. The van der Waals surface area contributed by atoms with Crippen LogP contribution in [0.2, 0.25) is 6.04 Å². The minimum Gasteiger partial charge on any atom is -0.390 e. The Labute approximate surface area is 143 Å². The molecule has 0 spiro atoms. The minimum atomic E-state index is -2.51. The molecule has 6 nitrogen and oxygen atoms in total. The molecule has 0 bridgehead atoms. The fraction of sp³-hybridized carbons (Fsp3) is 0.667. The minimum absolute atomic E-state index is 0.330. The van der Waals surface area contributed by atoms with Gasteiger partial charge in [-0.05, 0) is 18.6 Å². The van der Waals surface area contributed by atoms with Crippen molar-refractivity contribution in [3.8, 4) is 0 Å². The van der Waals surface area contributed by atoms with E-state index in [0.717, 1.165) is 17.9 Å². The van der Waals surface area contributed by atoms with Gasteiger partial charge in [-0.15, -0.1) is 0 Å². The lowest BCUT2D eigenvalue weighted by atomic mass is 10.4. The third kappa shape index (κ3) is 8.25. The van der Waals surface area contributed by atoms with E-state index in [2.05, 4.69) is 4.98 Å². The van der Waals surface area contributed by atoms with E-state index < -0.39 is 14.9 Å². The molecular formula is C15H27NO5SSi. The Morgan fingerprint density at radius 1 is 1.22 bits per heavy atom. The van der Waals surface area contributed by atoms with Crippen LogP contribution in [-0.2, 0) is 23.8 Å². The zero-order chi connectivity index (χ0) is 17.0. The molecule has 8 heteroatoms. The molecule has 1 aromatic rings. The molecule has 0 radical (unpaired) electrons. The van der Waals surface area contributed by atoms with Gasteiger partial charge >= 0.3 is 8.80 Å². The number of aliphatic hydroxyl groups is 1. The molecule has 0 aromatic carbocycles. The largest absolute Gasteiger partial charge is 0.500 e.